The highest BCUT2D eigenvalue weighted by Crippen LogP contribution is 2.23. The van der Waals surface area contributed by atoms with Gasteiger partial charge in [-0.1, -0.05) is 72.4 Å². The van der Waals surface area contributed by atoms with Crippen LogP contribution in [0, 0.1) is 5.92 Å². The minimum absolute atomic E-state index is 0.00164. The molecule has 0 spiro atoms. The normalized spacial score (nSPS) is 21.0. The first kappa shape index (κ1) is 28.0. The fraction of sp³-hybridized carbons (Fsp3) is 0.690. The van der Waals surface area contributed by atoms with Gasteiger partial charge in [-0.3, -0.25) is 9.59 Å². The molecule has 3 rings (SSSR count). The van der Waals surface area contributed by atoms with E-state index in [0.29, 0.717) is 25.2 Å². The summed E-state index contributed by atoms with van der Waals surface area (Å²) in [5, 5.41) is 6.22. The van der Waals surface area contributed by atoms with Crippen molar-refractivity contribution in [2.24, 2.45) is 5.92 Å². The summed E-state index contributed by atoms with van der Waals surface area (Å²) in [7, 11) is 0. The van der Waals surface area contributed by atoms with Gasteiger partial charge in [-0.2, -0.15) is 0 Å². The highest BCUT2D eigenvalue weighted by molar-refractivity contribution is 5.97. The van der Waals surface area contributed by atoms with Crippen LogP contribution < -0.4 is 10.6 Å². The minimum atomic E-state index is -0.598. The summed E-state index contributed by atoms with van der Waals surface area (Å²) < 4.78 is 0. The number of rotatable bonds is 6. The average molecular weight is 499 g/mol. The van der Waals surface area contributed by atoms with Gasteiger partial charge < -0.3 is 20.4 Å². The zero-order valence-corrected chi connectivity index (χ0v) is 23.1. The highest BCUT2D eigenvalue weighted by atomic mass is 16.2. The van der Waals surface area contributed by atoms with Gasteiger partial charge in [-0.25, -0.2) is 4.79 Å². The van der Waals surface area contributed by atoms with E-state index in [-0.39, 0.29) is 41.3 Å². The molecule has 1 aliphatic heterocycles. The second kappa shape index (κ2) is 12.1. The van der Waals surface area contributed by atoms with Crippen LogP contribution in [-0.4, -0.2) is 65.4 Å². The summed E-state index contributed by atoms with van der Waals surface area (Å²) in [4.78, 5) is 43.2. The molecule has 0 radical (unpaired) electrons. The standard InChI is InChI=1S/C29H46N4O3/c1-7-20(2)25(31-26(34)22-13-15-23(16-14-22)29(4,5)6)27(35)32-17-18-33(21(3)19-32)28(36)30-24-11-9-8-10-12-24/h13-16,20-21,24-25H,7-12,17-19H2,1-6H3,(H,30,36)(H,31,34). The summed E-state index contributed by atoms with van der Waals surface area (Å²) in [6.07, 6.45) is 6.47. The Bertz CT molecular complexity index is 902. The second-order valence-corrected chi connectivity index (χ2v) is 11.8. The Labute approximate surface area is 217 Å². The summed E-state index contributed by atoms with van der Waals surface area (Å²) in [6, 6.07) is 7.19. The van der Waals surface area contributed by atoms with Gasteiger partial charge in [0.25, 0.3) is 5.91 Å². The fourth-order valence-corrected chi connectivity index (χ4v) is 5.19. The van der Waals surface area contributed by atoms with E-state index in [9.17, 15) is 14.4 Å². The Balaban J connectivity index is 1.62. The van der Waals surface area contributed by atoms with Gasteiger partial charge in [0.05, 0.1) is 0 Å². The molecule has 1 aromatic carbocycles. The zero-order chi connectivity index (χ0) is 26.5. The van der Waals surface area contributed by atoms with E-state index in [4.69, 9.17) is 0 Å². The number of amides is 4. The van der Waals surface area contributed by atoms with Gasteiger partial charge in [0, 0.05) is 37.3 Å². The predicted molar refractivity (Wildman–Crippen MR) is 144 cm³/mol. The van der Waals surface area contributed by atoms with Crippen LogP contribution in [0.25, 0.3) is 0 Å². The number of hydrogen-bond donors (Lipinski definition) is 2. The lowest BCUT2D eigenvalue weighted by atomic mass is 9.86. The molecule has 36 heavy (non-hydrogen) atoms. The zero-order valence-electron chi connectivity index (χ0n) is 23.1. The van der Waals surface area contributed by atoms with E-state index in [1.165, 1.54) is 19.3 Å². The maximum absolute atomic E-state index is 13.6. The third-order valence-corrected chi connectivity index (χ3v) is 7.91. The first-order valence-electron chi connectivity index (χ1n) is 13.8. The lowest BCUT2D eigenvalue weighted by Gasteiger charge is -2.42. The van der Waals surface area contributed by atoms with Crippen molar-refractivity contribution in [2.45, 2.75) is 104 Å². The number of nitrogens with zero attached hydrogens (tertiary/aromatic N) is 2. The molecule has 3 atom stereocenters. The summed E-state index contributed by atoms with van der Waals surface area (Å²) in [6.45, 7) is 13.9. The molecule has 2 aliphatic rings. The molecular formula is C29H46N4O3. The molecule has 3 unspecified atom stereocenters. The van der Waals surface area contributed by atoms with Gasteiger partial charge in [-0.15, -0.1) is 0 Å². The third kappa shape index (κ3) is 7.01. The Morgan fingerprint density at radius 3 is 2.22 bits per heavy atom. The Hall–Kier alpha value is -2.57. The van der Waals surface area contributed by atoms with E-state index in [2.05, 4.69) is 31.4 Å². The topological polar surface area (TPSA) is 81.8 Å². The second-order valence-electron chi connectivity index (χ2n) is 11.8. The molecule has 1 saturated heterocycles. The summed E-state index contributed by atoms with van der Waals surface area (Å²) in [5.74, 6) is -0.297. The van der Waals surface area contributed by atoms with Crippen LogP contribution in [0.3, 0.4) is 0 Å². The molecule has 2 fully saturated rings. The van der Waals surface area contributed by atoms with Crippen LogP contribution in [-0.2, 0) is 10.2 Å². The van der Waals surface area contributed by atoms with Gasteiger partial charge in [-0.05, 0) is 48.8 Å². The van der Waals surface area contributed by atoms with Crippen LogP contribution in [0.4, 0.5) is 4.79 Å². The average Bonchev–Trinajstić information content (AvgIpc) is 2.86. The SMILES string of the molecule is CCC(C)C(NC(=O)c1ccc(C(C)(C)C)cc1)C(=O)N1CCN(C(=O)NC2CCCCC2)C(C)C1. The monoisotopic (exact) mass is 498 g/mol. The smallest absolute Gasteiger partial charge is 0.317 e. The van der Waals surface area contributed by atoms with Crippen molar-refractivity contribution >= 4 is 17.8 Å². The number of piperazine rings is 1. The van der Waals surface area contributed by atoms with E-state index < -0.39 is 6.04 Å². The molecule has 7 heteroatoms. The molecule has 2 N–H and O–H groups in total. The van der Waals surface area contributed by atoms with Gasteiger partial charge >= 0.3 is 6.03 Å². The lowest BCUT2D eigenvalue weighted by Crippen LogP contribution is -2.61. The van der Waals surface area contributed by atoms with Crippen molar-refractivity contribution in [3.05, 3.63) is 35.4 Å². The number of benzene rings is 1. The van der Waals surface area contributed by atoms with E-state index in [0.717, 1.165) is 24.8 Å². The highest BCUT2D eigenvalue weighted by Gasteiger charge is 2.36. The van der Waals surface area contributed by atoms with Crippen molar-refractivity contribution in [3.8, 4) is 0 Å². The molecule has 0 bridgehead atoms. The van der Waals surface area contributed by atoms with Crippen molar-refractivity contribution in [1.29, 1.82) is 0 Å². The molecule has 200 valence electrons. The molecule has 0 aromatic heterocycles. The van der Waals surface area contributed by atoms with E-state index in [1.54, 1.807) is 0 Å². The van der Waals surface area contributed by atoms with Gasteiger partial charge in [0.1, 0.15) is 6.04 Å². The molecule has 4 amide bonds. The van der Waals surface area contributed by atoms with Crippen molar-refractivity contribution < 1.29 is 14.4 Å². The number of carbonyl (C=O) groups is 3. The summed E-state index contributed by atoms with van der Waals surface area (Å²) in [5.41, 5.74) is 1.73. The Morgan fingerprint density at radius 2 is 1.67 bits per heavy atom. The van der Waals surface area contributed by atoms with Crippen LogP contribution in [0.1, 0.15) is 96.0 Å². The van der Waals surface area contributed by atoms with Crippen LogP contribution in [0.2, 0.25) is 0 Å². The lowest BCUT2D eigenvalue weighted by molar-refractivity contribution is -0.136. The largest absolute Gasteiger partial charge is 0.340 e. The van der Waals surface area contributed by atoms with Crippen molar-refractivity contribution in [3.63, 3.8) is 0 Å². The number of carbonyl (C=O) groups excluding carboxylic acids is 3. The molecular weight excluding hydrogens is 452 g/mol. The molecule has 1 saturated carbocycles. The molecule has 1 aromatic rings. The number of nitrogens with one attached hydrogen (secondary N) is 2. The van der Waals surface area contributed by atoms with Crippen molar-refractivity contribution in [1.82, 2.24) is 20.4 Å². The third-order valence-electron chi connectivity index (χ3n) is 7.91. The molecule has 7 nitrogen and oxygen atoms in total. The quantitative estimate of drug-likeness (QED) is 0.596. The maximum atomic E-state index is 13.6. The van der Waals surface area contributed by atoms with Crippen molar-refractivity contribution in [2.75, 3.05) is 19.6 Å². The van der Waals surface area contributed by atoms with E-state index >= 15 is 0 Å². The predicted octanol–water partition coefficient (Wildman–Crippen LogP) is 4.70. The maximum Gasteiger partial charge on any atom is 0.317 e. The van der Waals surface area contributed by atoms with E-state index in [1.807, 2.05) is 54.8 Å². The Kier molecular flexibility index (Phi) is 9.42. The number of urea groups is 1. The minimum Gasteiger partial charge on any atom is -0.340 e. The van der Waals surface area contributed by atoms with Gasteiger partial charge in [0.15, 0.2) is 0 Å². The van der Waals surface area contributed by atoms with Crippen LogP contribution >= 0.6 is 0 Å². The van der Waals surface area contributed by atoms with Crippen LogP contribution in [0.5, 0.6) is 0 Å². The molecule has 1 heterocycles. The molecule has 1 aliphatic carbocycles. The first-order chi connectivity index (χ1) is 17.0. The summed E-state index contributed by atoms with van der Waals surface area (Å²) >= 11 is 0. The van der Waals surface area contributed by atoms with Gasteiger partial charge in [0.2, 0.25) is 5.91 Å². The first-order valence-corrected chi connectivity index (χ1v) is 13.8. The Morgan fingerprint density at radius 1 is 1.03 bits per heavy atom. The van der Waals surface area contributed by atoms with Crippen LogP contribution in [0.15, 0.2) is 24.3 Å². The fourth-order valence-electron chi connectivity index (χ4n) is 5.19. The number of hydrogen-bond acceptors (Lipinski definition) is 3.